The Bertz CT molecular complexity index is 498. The Kier molecular flexibility index (Phi) is 4.58. The molecular weight excluding hydrogens is 282 g/mol. The lowest BCUT2D eigenvalue weighted by Crippen LogP contribution is -2.48. The van der Waals surface area contributed by atoms with E-state index in [1.54, 1.807) is 0 Å². The molecule has 1 aliphatic carbocycles. The summed E-state index contributed by atoms with van der Waals surface area (Å²) in [5.41, 5.74) is 2.90. The van der Waals surface area contributed by atoms with Crippen LogP contribution in [0.5, 0.6) is 0 Å². The summed E-state index contributed by atoms with van der Waals surface area (Å²) in [5, 5.41) is 4.55. The molecule has 21 heavy (non-hydrogen) atoms. The molecule has 2 fully saturated rings. The van der Waals surface area contributed by atoms with Crippen molar-refractivity contribution in [3.63, 3.8) is 0 Å². The minimum Gasteiger partial charge on any atom is -0.375 e. The summed E-state index contributed by atoms with van der Waals surface area (Å²) in [7, 11) is 0. The maximum atomic E-state index is 6.24. The average Bonchev–Trinajstić information content (AvgIpc) is 2.46. The summed E-state index contributed by atoms with van der Waals surface area (Å²) in [6, 6.07) is 6.67. The Morgan fingerprint density at radius 1 is 1.43 bits per heavy atom. The Balaban J connectivity index is 1.84. The van der Waals surface area contributed by atoms with E-state index in [1.807, 2.05) is 6.07 Å². The van der Waals surface area contributed by atoms with E-state index in [-0.39, 0.29) is 5.60 Å². The lowest BCUT2D eigenvalue weighted by Gasteiger charge is -2.49. The molecule has 2 nitrogen and oxygen atoms in total. The van der Waals surface area contributed by atoms with Crippen LogP contribution in [0.25, 0.3) is 0 Å². The van der Waals surface area contributed by atoms with Gasteiger partial charge in [0.15, 0.2) is 0 Å². The molecule has 3 rings (SSSR count). The molecule has 0 amide bonds. The SMILES string of the molecule is CCNC(c1cc(Cl)ccc1C)C1CCOC2(CCC2)C1. The molecular formula is C18H26ClNO. The van der Waals surface area contributed by atoms with Gasteiger partial charge in [-0.2, -0.15) is 0 Å². The van der Waals surface area contributed by atoms with Crippen LogP contribution in [0, 0.1) is 12.8 Å². The quantitative estimate of drug-likeness (QED) is 0.874. The van der Waals surface area contributed by atoms with E-state index in [1.165, 1.54) is 36.8 Å². The highest BCUT2D eigenvalue weighted by Crippen LogP contribution is 2.47. The number of aryl methyl sites for hydroxylation is 1. The van der Waals surface area contributed by atoms with E-state index < -0.39 is 0 Å². The second kappa shape index (κ2) is 6.28. The van der Waals surface area contributed by atoms with Crippen LogP contribution in [0.4, 0.5) is 0 Å². The van der Waals surface area contributed by atoms with Crippen molar-refractivity contribution in [1.82, 2.24) is 5.32 Å². The zero-order valence-electron chi connectivity index (χ0n) is 13.1. The summed E-state index contributed by atoms with van der Waals surface area (Å²) in [4.78, 5) is 0. The van der Waals surface area contributed by atoms with Crippen LogP contribution in [0.1, 0.15) is 56.2 Å². The normalized spacial score (nSPS) is 25.6. The molecule has 1 aromatic carbocycles. The third-order valence-electron chi connectivity index (χ3n) is 5.27. The van der Waals surface area contributed by atoms with Gasteiger partial charge in [0.25, 0.3) is 0 Å². The molecule has 2 aliphatic rings. The number of benzene rings is 1. The molecule has 1 saturated heterocycles. The topological polar surface area (TPSA) is 21.3 Å². The fourth-order valence-corrected chi connectivity index (χ4v) is 4.15. The number of rotatable bonds is 4. The van der Waals surface area contributed by atoms with Crippen LogP contribution in [0.15, 0.2) is 18.2 Å². The number of ether oxygens (including phenoxy) is 1. The number of halogens is 1. The van der Waals surface area contributed by atoms with Gasteiger partial charge in [-0.15, -0.1) is 0 Å². The minimum absolute atomic E-state index is 0.197. The fraction of sp³-hybridized carbons (Fsp3) is 0.667. The van der Waals surface area contributed by atoms with Gasteiger partial charge in [0.1, 0.15) is 0 Å². The Labute approximate surface area is 133 Å². The maximum absolute atomic E-state index is 6.24. The van der Waals surface area contributed by atoms with Crippen LogP contribution in [0.3, 0.4) is 0 Å². The van der Waals surface area contributed by atoms with E-state index in [0.29, 0.717) is 12.0 Å². The van der Waals surface area contributed by atoms with Crippen molar-refractivity contribution in [2.24, 2.45) is 5.92 Å². The molecule has 1 N–H and O–H groups in total. The van der Waals surface area contributed by atoms with Gasteiger partial charge in [-0.25, -0.2) is 0 Å². The van der Waals surface area contributed by atoms with E-state index in [4.69, 9.17) is 16.3 Å². The third-order valence-corrected chi connectivity index (χ3v) is 5.50. The second-order valence-electron chi connectivity index (χ2n) is 6.67. The maximum Gasteiger partial charge on any atom is 0.0686 e. The first kappa shape index (κ1) is 15.3. The highest BCUT2D eigenvalue weighted by molar-refractivity contribution is 6.30. The summed E-state index contributed by atoms with van der Waals surface area (Å²) in [6.07, 6.45) is 6.16. The van der Waals surface area contributed by atoms with Crippen LogP contribution in [-0.2, 0) is 4.74 Å². The summed E-state index contributed by atoms with van der Waals surface area (Å²) in [5.74, 6) is 0.649. The Morgan fingerprint density at radius 2 is 2.24 bits per heavy atom. The number of nitrogens with one attached hydrogen (secondary N) is 1. The molecule has 1 aliphatic heterocycles. The second-order valence-corrected chi connectivity index (χ2v) is 7.11. The highest BCUT2D eigenvalue weighted by atomic mass is 35.5. The largest absolute Gasteiger partial charge is 0.375 e. The first-order valence-electron chi connectivity index (χ1n) is 8.27. The van der Waals surface area contributed by atoms with Gasteiger partial charge in [-0.3, -0.25) is 0 Å². The van der Waals surface area contributed by atoms with Gasteiger partial charge in [-0.05, 0) is 74.8 Å². The van der Waals surface area contributed by atoms with Crippen molar-refractivity contribution in [2.45, 2.75) is 57.6 Å². The van der Waals surface area contributed by atoms with E-state index in [0.717, 1.165) is 24.6 Å². The molecule has 1 spiro atoms. The first-order chi connectivity index (χ1) is 10.1. The minimum atomic E-state index is 0.197. The molecule has 116 valence electrons. The summed E-state index contributed by atoms with van der Waals surface area (Å²) >= 11 is 6.24. The van der Waals surface area contributed by atoms with Gasteiger partial charge < -0.3 is 10.1 Å². The fourth-order valence-electron chi connectivity index (χ4n) is 3.97. The zero-order valence-corrected chi connectivity index (χ0v) is 13.9. The molecule has 1 heterocycles. The van der Waals surface area contributed by atoms with Crippen LogP contribution in [-0.4, -0.2) is 18.8 Å². The molecule has 0 bridgehead atoms. The van der Waals surface area contributed by atoms with Gasteiger partial charge in [-0.1, -0.05) is 24.6 Å². The van der Waals surface area contributed by atoms with E-state index >= 15 is 0 Å². The standard InChI is InChI=1S/C18H26ClNO/c1-3-20-17(16-11-15(19)6-5-13(16)2)14-7-10-21-18(12-14)8-4-9-18/h5-6,11,14,17,20H,3-4,7-10,12H2,1-2H3. The Morgan fingerprint density at radius 3 is 2.90 bits per heavy atom. The Hall–Kier alpha value is -0.570. The highest BCUT2D eigenvalue weighted by Gasteiger charge is 2.44. The monoisotopic (exact) mass is 307 g/mol. The zero-order chi connectivity index (χ0) is 14.9. The molecule has 2 unspecified atom stereocenters. The predicted octanol–water partition coefficient (Wildman–Crippen LogP) is 4.65. The van der Waals surface area contributed by atoms with Crippen LogP contribution >= 0.6 is 11.6 Å². The number of hydrogen-bond acceptors (Lipinski definition) is 2. The van der Waals surface area contributed by atoms with Crippen molar-refractivity contribution < 1.29 is 4.74 Å². The van der Waals surface area contributed by atoms with Gasteiger partial charge >= 0.3 is 0 Å². The molecule has 2 atom stereocenters. The first-order valence-corrected chi connectivity index (χ1v) is 8.65. The van der Waals surface area contributed by atoms with Crippen LogP contribution < -0.4 is 5.32 Å². The van der Waals surface area contributed by atoms with Crippen molar-refractivity contribution in [2.75, 3.05) is 13.2 Å². The van der Waals surface area contributed by atoms with Crippen molar-refractivity contribution in [3.8, 4) is 0 Å². The van der Waals surface area contributed by atoms with Crippen LogP contribution in [0.2, 0.25) is 5.02 Å². The summed E-state index contributed by atoms with van der Waals surface area (Å²) < 4.78 is 6.10. The average molecular weight is 308 g/mol. The molecule has 0 radical (unpaired) electrons. The molecule has 1 saturated carbocycles. The predicted molar refractivity (Wildman–Crippen MR) is 87.9 cm³/mol. The van der Waals surface area contributed by atoms with E-state index in [2.05, 4.69) is 31.3 Å². The molecule has 1 aromatic rings. The van der Waals surface area contributed by atoms with Gasteiger partial charge in [0.05, 0.1) is 5.60 Å². The lowest BCUT2D eigenvalue weighted by atomic mass is 9.69. The van der Waals surface area contributed by atoms with E-state index in [9.17, 15) is 0 Å². The summed E-state index contributed by atoms with van der Waals surface area (Å²) in [6.45, 7) is 6.27. The number of hydrogen-bond donors (Lipinski definition) is 1. The van der Waals surface area contributed by atoms with Crippen molar-refractivity contribution in [3.05, 3.63) is 34.3 Å². The lowest BCUT2D eigenvalue weighted by molar-refractivity contribution is -0.147. The molecule has 3 heteroatoms. The van der Waals surface area contributed by atoms with Crippen molar-refractivity contribution >= 4 is 11.6 Å². The molecule has 0 aromatic heterocycles. The third kappa shape index (κ3) is 3.13. The van der Waals surface area contributed by atoms with Gasteiger partial charge in [0, 0.05) is 17.7 Å². The smallest absolute Gasteiger partial charge is 0.0686 e. The van der Waals surface area contributed by atoms with Gasteiger partial charge in [0.2, 0.25) is 0 Å². The van der Waals surface area contributed by atoms with Crippen molar-refractivity contribution in [1.29, 1.82) is 0 Å².